The molecule has 7 heteroatoms. The van der Waals surface area contributed by atoms with Gasteiger partial charge in [-0.25, -0.2) is 4.79 Å². The van der Waals surface area contributed by atoms with Crippen molar-refractivity contribution in [3.05, 3.63) is 83.9 Å². The monoisotopic (exact) mass is 544 g/mol. The van der Waals surface area contributed by atoms with Gasteiger partial charge >= 0.3 is 5.97 Å². The molecule has 3 rings (SSSR count). The van der Waals surface area contributed by atoms with Crippen molar-refractivity contribution >= 4 is 23.5 Å². The molecule has 0 radical (unpaired) electrons. The molecule has 1 unspecified atom stereocenters. The highest BCUT2D eigenvalue weighted by atomic mass is 16.5. The van der Waals surface area contributed by atoms with Crippen molar-refractivity contribution in [2.24, 2.45) is 0 Å². The van der Waals surface area contributed by atoms with Crippen LogP contribution in [-0.4, -0.2) is 43.1 Å². The SMILES string of the molecule is CCCCCCCCC(=O)N(C)c1cccc(-c2ccc(CC(NC(=O)c3ccccc3OC)C(=O)O)cc2)c1. The fourth-order valence-corrected chi connectivity index (χ4v) is 4.60. The molecule has 0 aliphatic rings. The van der Waals surface area contributed by atoms with E-state index in [0.717, 1.165) is 35.2 Å². The Morgan fingerprint density at radius 3 is 2.27 bits per heavy atom. The van der Waals surface area contributed by atoms with Gasteiger partial charge in [0.25, 0.3) is 5.91 Å². The van der Waals surface area contributed by atoms with Crippen LogP contribution in [0.25, 0.3) is 11.1 Å². The number of carbonyl (C=O) groups excluding carboxylic acids is 2. The van der Waals surface area contributed by atoms with Crippen molar-refractivity contribution in [2.75, 3.05) is 19.1 Å². The van der Waals surface area contributed by atoms with Crippen LogP contribution in [-0.2, 0) is 16.0 Å². The number of anilines is 1. The molecule has 0 spiro atoms. The quantitative estimate of drug-likeness (QED) is 0.213. The summed E-state index contributed by atoms with van der Waals surface area (Å²) in [6.07, 6.45) is 7.54. The minimum absolute atomic E-state index is 0.109. The van der Waals surface area contributed by atoms with E-state index in [1.54, 1.807) is 29.2 Å². The Balaban J connectivity index is 1.62. The van der Waals surface area contributed by atoms with Crippen LogP contribution in [0.3, 0.4) is 0 Å². The van der Waals surface area contributed by atoms with Crippen molar-refractivity contribution in [1.82, 2.24) is 5.32 Å². The molecule has 1 atom stereocenters. The predicted octanol–water partition coefficient (Wildman–Crippen LogP) is 6.50. The molecule has 0 bridgehead atoms. The van der Waals surface area contributed by atoms with Gasteiger partial charge < -0.3 is 20.1 Å². The maximum atomic E-state index is 12.7. The topological polar surface area (TPSA) is 95.9 Å². The summed E-state index contributed by atoms with van der Waals surface area (Å²) in [6, 6.07) is 21.0. The average molecular weight is 545 g/mol. The highest BCUT2D eigenvalue weighted by Gasteiger charge is 2.23. The molecule has 2 amide bonds. The Bertz CT molecular complexity index is 1270. The molecule has 0 fully saturated rings. The van der Waals surface area contributed by atoms with Crippen LogP contribution in [0.4, 0.5) is 5.69 Å². The first-order valence-electron chi connectivity index (χ1n) is 14.0. The molecule has 0 saturated carbocycles. The number of benzene rings is 3. The Kier molecular flexibility index (Phi) is 11.8. The number of hydrogen-bond donors (Lipinski definition) is 2. The number of ether oxygens (including phenoxy) is 1. The molecule has 2 N–H and O–H groups in total. The summed E-state index contributed by atoms with van der Waals surface area (Å²) in [7, 11) is 3.28. The molecule has 7 nitrogen and oxygen atoms in total. The Morgan fingerprint density at radius 2 is 1.57 bits per heavy atom. The van der Waals surface area contributed by atoms with Crippen LogP contribution in [0.5, 0.6) is 5.75 Å². The first-order chi connectivity index (χ1) is 19.3. The predicted molar refractivity (Wildman–Crippen MR) is 159 cm³/mol. The van der Waals surface area contributed by atoms with Crippen molar-refractivity contribution in [3.63, 3.8) is 0 Å². The second-order valence-corrected chi connectivity index (χ2v) is 9.99. The normalized spacial score (nSPS) is 11.5. The van der Waals surface area contributed by atoms with Gasteiger partial charge in [-0.1, -0.05) is 87.6 Å². The zero-order valence-corrected chi connectivity index (χ0v) is 23.7. The fourth-order valence-electron chi connectivity index (χ4n) is 4.60. The lowest BCUT2D eigenvalue weighted by Gasteiger charge is -2.18. The number of methoxy groups -OCH3 is 1. The molecular weight excluding hydrogens is 504 g/mol. The number of nitrogens with zero attached hydrogens (tertiary/aromatic N) is 1. The van der Waals surface area contributed by atoms with Crippen LogP contribution in [0, 0.1) is 0 Å². The molecule has 3 aromatic rings. The number of rotatable bonds is 15. The van der Waals surface area contributed by atoms with E-state index in [2.05, 4.69) is 12.2 Å². The van der Waals surface area contributed by atoms with Crippen molar-refractivity contribution in [2.45, 2.75) is 64.3 Å². The van der Waals surface area contributed by atoms with Crippen LogP contribution in [0.15, 0.2) is 72.8 Å². The van der Waals surface area contributed by atoms with Gasteiger partial charge in [0.15, 0.2) is 0 Å². The molecule has 0 saturated heterocycles. The summed E-state index contributed by atoms with van der Waals surface area (Å²) >= 11 is 0. The van der Waals surface area contributed by atoms with Gasteiger partial charge in [0.2, 0.25) is 5.91 Å². The summed E-state index contributed by atoms with van der Waals surface area (Å²) in [6.45, 7) is 2.20. The lowest BCUT2D eigenvalue weighted by atomic mass is 10.00. The van der Waals surface area contributed by atoms with Crippen molar-refractivity contribution in [3.8, 4) is 16.9 Å². The summed E-state index contributed by atoms with van der Waals surface area (Å²) in [5, 5.41) is 12.3. The Morgan fingerprint density at radius 1 is 0.875 bits per heavy atom. The second kappa shape index (κ2) is 15.5. The molecule has 0 aliphatic carbocycles. The highest BCUT2D eigenvalue weighted by molar-refractivity contribution is 5.99. The average Bonchev–Trinajstić information content (AvgIpc) is 2.98. The van der Waals surface area contributed by atoms with Gasteiger partial charge in [-0.2, -0.15) is 0 Å². The lowest BCUT2D eigenvalue weighted by Crippen LogP contribution is -2.42. The zero-order valence-electron chi connectivity index (χ0n) is 23.7. The molecule has 40 heavy (non-hydrogen) atoms. The number of aliphatic carboxylic acids is 1. The number of para-hydroxylation sites is 1. The number of unbranched alkanes of at least 4 members (excludes halogenated alkanes) is 5. The van der Waals surface area contributed by atoms with E-state index in [0.29, 0.717) is 12.2 Å². The van der Waals surface area contributed by atoms with Gasteiger partial charge in [0.1, 0.15) is 11.8 Å². The molecule has 212 valence electrons. The van der Waals surface area contributed by atoms with Gasteiger partial charge in [0.05, 0.1) is 12.7 Å². The third-order valence-electron chi connectivity index (χ3n) is 7.03. The van der Waals surface area contributed by atoms with Gasteiger partial charge in [0, 0.05) is 25.6 Å². The van der Waals surface area contributed by atoms with Gasteiger partial charge in [-0.05, 0) is 47.4 Å². The van der Waals surface area contributed by atoms with E-state index in [4.69, 9.17) is 4.74 Å². The number of carboxylic acid groups (broad SMARTS) is 1. The van der Waals surface area contributed by atoms with Gasteiger partial charge in [-0.15, -0.1) is 0 Å². The fraction of sp³-hybridized carbons (Fsp3) is 0.364. The maximum Gasteiger partial charge on any atom is 0.326 e. The Labute approximate surface area is 237 Å². The maximum absolute atomic E-state index is 12.7. The molecule has 3 aromatic carbocycles. The second-order valence-electron chi connectivity index (χ2n) is 9.99. The van der Waals surface area contributed by atoms with Crippen LogP contribution < -0.4 is 15.0 Å². The number of carbonyl (C=O) groups is 3. The lowest BCUT2D eigenvalue weighted by molar-refractivity contribution is -0.139. The van der Waals surface area contributed by atoms with Crippen molar-refractivity contribution < 1.29 is 24.2 Å². The number of carboxylic acids is 1. The highest BCUT2D eigenvalue weighted by Crippen LogP contribution is 2.26. The minimum atomic E-state index is -1.12. The van der Waals surface area contributed by atoms with E-state index < -0.39 is 17.9 Å². The number of nitrogens with one attached hydrogen (secondary N) is 1. The van der Waals surface area contributed by atoms with E-state index >= 15 is 0 Å². The first kappa shape index (κ1) is 30.4. The van der Waals surface area contributed by atoms with Crippen LogP contribution in [0.2, 0.25) is 0 Å². The summed E-state index contributed by atoms with van der Waals surface area (Å²) in [4.78, 5) is 39.1. The third-order valence-corrected chi connectivity index (χ3v) is 7.03. The van der Waals surface area contributed by atoms with Gasteiger partial charge in [-0.3, -0.25) is 9.59 Å². The number of amides is 2. The summed E-state index contributed by atoms with van der Waals surface area (Å²) < 4.78 is 5.22. The van der Waals surface area contributed by atoms with Crippen molar-refractivity contribution in [1.29, 1.82) is 0 Å². The third kappa shape index (κ3) is 8.70. The van der Waals surface area contributed by atoms with Crippen LogP contribution >= 0.6 is 0 Å². The molecule has 0 aromatic heterocycles. The van der Waals surface area contributed by atoms with Crippen LogP contribution in [0.1, 0.15) is 67.8 Å². The largest absolute Gasteiger partial charge is 0.496 e. The summed E-state index contributed by atoms with van der Waals surface area (Å²) in [5.41, 5.74) is 3.80. The zero-order chi connectivity index (χ0) is 28.9. The van der Waals surface area contributed by atoms with E-state index in [1.165, 1.54) is 32.8 Å². The van der Waals surface area contributed by atoms with E-state index in [-0.39, 0.29) is 17.9 Å². The van der Waals surface area contributed by atoms with E-state index in [9.17, 15) is 19.5 Å². The molecular formula is C33H40N2O5. The number of hydrogen-bond acceptors (Lipinski definition) is 4. The summed E-state index contributed by atoms with van der Waals surface area (Å²) in [5.74, 6) is -1.13. The standard InChI is InChI=1S/C33H40N2O5/c1-4-5-6-7-8-9-17-31(36)35(2)27-14-12-13-26(23-27)25-20-18-24(19-21-25)22-29(33(38)39)34-32(37)28-15-10-11-16-30(28)40-3/h10-16,18-21,23,29H,4-9,17,22H2,1-3H3,(H,34,37)(H,38,39). The Hall–Kier alpha value is -4.13. The minimum Gasteiger partial charge on any atom is -0.496 e. The first-order valence-corrected chi connectivity index (χ1v) is 14.0. The molecule has 0 aliphatic heterocycles. The molecule has 0 heterocycles. The van der Waals surface area contributed by atoms with E-state index in [1.807, 2.05) is 55.6 Å². The smallest absolute Gasteiger partial charge is 0.326 e.